The van der Waals surface area contributed by atoms with Crippen LogP contribution in [0.5, 0.6) is 0 Å². The lowest BCUT2D eigenvalue weighted by molar-refractivity contribution is 0.672. The number of para-hydroxylation sites is 2. The van der Waals surface area contributed by atoms with E-state index in [1.54, 1.807) is 0 Å². The molecule has 0 bridgehead atoms. The third kappa shape index (κ3) is 11.5. The number of hydrogen-bond donors (Lipinski definition) is 0. The van der Waals surface area contributed by atoms with Crippen LogP contribution in [0.2, 0.25) is 0 Å². The van der Waals surface area contributed by atoms with Gasteiger partial charge in [-0.3, -0.25) is 0 Å². The van der Waals surface area contributed by atoms with Gasteiger partial charge in [-0.05, 0) is 91.3 Å². The standard InChI is InChI=1S/C53H33N3O.C47H29N3O/c1-3-13-34(14-4-1)35-25-31-40(32-26-35)53-55-46(37-16-5-2-6-17-37)33-47(56-53)38-27-29-39(30-28-38)51-50-44-20-9-10-24-48(44)57-52(50)49-43(22-12-23-45(49)54-51)42-21-11-18-36-15-7-8-19-41(36)42;1-3-14-31(15-4-1)40-29-41(50-47(49-40)34-16-5-2-6-17-34)32-25-27-33(28-26-32)45-44-38-20-9-10-24-42(38)51-46(44)43-37(22-12-23-39(43)48-45)36-21-11-18-30-13-7-8-19-35(30)36/h1-33H;1-29H. The summed E-state index contributed by atoms with van der Waals surface area (Å²) in [6.07, 6.45) is 0. The van der Waals surface area contributed by atoms with Crippen molar-refractivity contribution in [1.82, 2.24) is 29.9 Å². The van der Waals surface area contributed by atoms with Gasteiger partial charge in [0.1, 0.15) is 22.3 Å². The van der Waals surface area contributed by atoms with Crippen LogP contribution in [0.3, 0.4) is 0 Å². The number of benzene rings is 15. The van der Waals surface area contributed by atoms with Crippen LogP contribution in [0.4, 0.5) is 0 Å². The maximum atomic E-state index is 6.78. The molecule has 0 radical (unpaired) electrons. The van der Waals surface area contributed by atoms with Gasteiger partial charge in [-0.1, -0.05) is 340 Å². The molecule has 0 unspecified atom stereocenters. The smallest absolute Gasteiger partial charge is 0.160 e. The molecule has 0 spiro atoms. The number of hydrogen-bond acceptors (Lipinski definition) is 8. The van der Waals surface area contributed by atoms with Gasteiger partial charge in [0.15, 0.2) is 11.6 Å². The molecule has 0 saturated heterocycles. The molecule has 0 aliphatic heterocycles. The SMILES string of the molecule is c1ccc(-c2cc(-c3ccc(-c4nc5cccc(-c6cccc7ccccc67)c5c5oc6ccccc6c45)cc3)nc(-c3ccccc3)n2)cc1.c1ccc(-c2ccc(-c3nc(-c4ccccc4)cc(-c4ccc(-c5nc6cccc(-c7cccc8ccccc78)c6c6oc7ccccc7c56)cc4)n3)cc2)cc1. The molecule has 504 valence electrons. The van der Waals surface area contributed by atoms with Gasteiger partial charge in [0.05, 0.1) is 66.7 Å². The van der Waals surface area contributed by atoms with Crippen molar-refractivity contribution in [2.75, 3.05) is 0 Å². The Kier molecular flexibility index (Phi) is 15.7. The summed E-state index contributed by atoms with van der Waals surface area (Å²) in [4.78, 5) is 31.0. The molecule has 0 fully saturated rings. The molecular weight excluding hydrogens is 1320 g/mol. The van der Waals surface area contributed by atoms with E-state index in [4.69, 9.17) is 38.7 Å². The van der Waals surface area contributed by atoms with E-state index in [-0.39, 0.29) is 0 Å². The molecule has 8 heteroatoms. The summed E-state index contributed by atoms with van der Waals surface area (Å²) >= 11 is 0. The third-order valence-electron chi connectivity index (χ3n) is 20.6. The van der Waals surface area contributed by atoms with E-state index in [0.717, 1.165) is 172 Å². The summed E-state index contributed by atoms with van der Waals surface area (Å²) in [5.74, 6) is 1.38. The molecule has 0 saturated carbocycles. The Hall–Kier alpha value is -14.6. The molecule has 21 rings (SSSR count). The van der Waals surface area contributed by atoms with Crippen LogP contribution in [0.15, 0.2) is 385 Å². The minimum absolute atomic E-state index is 0.680. The quantitative estimate of drug-likeness (QED) is 0.126. The molecule has 6 aromatic heterocycles. The van der Waals surface area contributed by atoms with E-state index in [1.807, 2.05) is 84.9 Å². The van der Waals surface area contributed by atoms with Gasteiger partial charge >= 0.3 is 0 Å². The van der Waals surface area contributed by atoms with Gasteiger partial charge in [0.25, 0.3) is 0 Å². The van der Waals surface area contributed by atoms with E-state index in [9.17, 15) is 0 Å². The van der Waals surface area contributed by atoms with Crippen LogP contribution in [0, 0.1) is 0 Å². The molecule has 6 heterocycles. The Balaban J connectivity index is 0.000000143. The van der Waals surface area contributed by atoms with Gasteiger partial charge in [-0.25, -0.2) is 29.9 Å². The number of pyridine rings is 2. The van der Waals surface area contributed by atoms with Gasteiger partial charge in [-0.2, -0.15) is 0 Å². The zero-order valence-electron chi connectivity index (χ0n) is 58.3. The second kappa shape index (κ2) is 26.9. The molecule has 0 aliphatic carbocycles. The first-order valence-corrected chi connectivity index (χ1v) is 36.3. The number of furan rings is 2. The van der Waals surface area contributed by atoms with E-state index < -0.39 is 0 Å². The van der Waals surface area contributed by atoms with Gasteiger partial charge < -0.3 is 8.83 Å². The molecule has 15 aromatic carbocycles. The summed E-state index contributed by atoms with van der Waals surface area (Å²) in [6.45, 7) is 0. The van der Waals surface area contributed by atoms with Crippen molar-refractivity contribution in [1.29, 1.82) is 0 Å². The zero-order chi connectivity index (χ0) is 71.4. The fraction of sp³-hybridized carbons (Fsp3) is 0. The summed E-state index contributed by atoms with van der Waals surface area (Å²) < 4.78 is 13.5. The normalized spacial score (nSPS) is 11.5. The van der Waals surface area contributed by atoms with Crippen LogP contribution in [-0.2, 0) is 0 Å². The first-order chi connectivity index (χ1) is 53.5. The van der Waals surface area contributed by atoms with Gasteiger partial charge in [-0.15, -0.1) is 0 Å². The summed E-state index contributed by atoms with van der Waals surface area (Å²) in [5, 5.41) is 10.9. The van der Waals surface area contributed by atoms with Crippen molar-refractivity contribution in [2.24, 2.45) is 0 Å². The average Bonchev–Trinajstić information content (AvgIpc) is 1.53. The molecule has 0 amide bonds. The first-order valence-electron chi connectivity index (χ1n) is 36.3. The third-order valence-corrected chi connectivity index (χ3v) is 20.6. The lowest BCUT2D eigenvalue weighted by atomic mass is 9.93. The highest BCUT2D eigenvalue weighted by Crippen LogP contribution is 2.47. The van der Waals surface area contributed by atoms with Crippen molar-refractivity contribution >= 4 is 87.2 Å². The Morgan fingerprint density at radius 3 is 0.898 bits per heavy atom. The minimum atomic E-state index is 0.680. The zero-order valence-corrected chi connectivity index (χ0v) is 58.3. The van der Waals surface area contributed by atoms with E-state index in [0.29, 0.717) is 11.6 Å². The molecule has 0 aliphatic rings. The summed E-state index contributed by atoms with van der Waals surface area (Å²) in [5.41, 5.74) is 25.3. The molecule has 8 nitrogen and oxygen atoms in total. The molecule has 108 heavy (non-hydrogen) atoms. The lowest BCUT2D eigenvalue weighted by Crippen LogP contribution is -1.96. The Morgan fingerprint density at radius 1 is 0.185 bits per heavy atom. The minimum Gasteiger partial charge on any atom is -0.455 e. The van der Waals surface area contributed by atoms with E-state index in [2.05, 4.69) is 291 Å². The van der Waals surface area contributed by atoms with Crippen LogP contribution in [-0.4, -0.2) is 29.9 Å². The number of nitrogens with zero attached hydrogens (tertiary/aromatic N) is 6. The van der Waals surface area contributed by atoms with E-state index in [1.165, 1.54) is 27.1 Å². The highest BCUT2D eigenvalue weighted by molar-refractivity contribution is 6.25. The predicted molar refractivity (Wildman–Crippen MR) is 444 cm³/mol. The Labute approximate surface area is 621 Å². The first kappa shape index (κ1) is 63.1. The Morgan fingerprint density at radius 2 is 0.472 bits per heavy atom. The van der Waals surface area contributed by atoms with Crippen LogP contribution < -0.4 is 0 Å². The Bertz CT molecular complexity index is 6940. The van der Waals surface area contributed by atoms with Crippen molar-refractivity contribution in [3.63, 3.8) is 0 Å². The van der Waals surface area contributed by atoms with E-state index >= 15 is 0 Å². The maximum Gasteiger partial charge on any atom is 0.160 e. The fourth-order valence-corrected chi connectivity index (χ4v) is 15.4. The average molecular weight is 1380 g/mol. The monoisotopic (exact) mass is 1380 g/mol. The summed E-state index contributed by atoms with van der Waals surface area (Å²) in [7, 11) is 0. The number of fused-ring (bicyclic) bond motifs is 12. The number of rotatable bonds is 11. The van der Waals surface area contributed by atoms with Gasteiger partial charge in [0.2, 0.25) is 0 Å². The lowest BCUT2D eigenvalue weighted by Gasteiger charge is -2.13. The fourth-order valence-electron chi connectivity index (χ4n) is 15.4. The maximum absolute atomic E-state index is 6.78. The number of aromatic nitrogens is 6. The van der Waals surface area contributed by atoms with Crippen molar-refractivity contribution in [3.05, 3.63) is 376 Å². The van der Waals surface area contributed by atoms with Crippen molar-refractivity contribution in [2.45, 2.75) is 0 Å². The molecule has 21 aromatic rings. The molecule has 0 N–H and O–H groups in total. The summed E-state index contributed by atoms with van der Waals surface area (Å²) in [6, 6.07) is 130. The van der Waals surface area contributed by atoms with Crippen LogP contribution in [0.25, 0.3) is 211 Å². The highest BCUT2D eigenvalue weighted by atomic mass is 16.3. The largest absolute Gasteiger partial charge is 0.455 e. The van der Waals surface area contributed by atoms with Gasteiger partial charge in [0, 0.05) is 55.3 Å². The van der Waals surface area contributed by atoms with Crippen LogP contribution in [0.1, 0.15) is 0 Å². The van der Waals surface area contributed by atoms with Crippen LogP contribution >= 0.6 is 0 Å². The second-order valence-electron chi connectivity index (χ2n) is 27.1. The molecular formula is C100H62N6O2. The molecule has 0 atom stereocenters. The second-order valence-corrected chi connectivity index (χ2v) is 27.1. The predicted octanol–water partition coefficient (Wildman–Crippen LogP) is 26.5. The highest BCUT2D eigenvalue weighted by Gasteiger charge is 2.25. The van der Waals surface area contributed by atoms with Crippen molar-refractivity contribution < 1.29 is 8.83 Å². The van der Waals surface area contributed by atoms with Crippen molar-refractivity contribution in [3.8, 4) is 124 Å². The topological polar surface area (TPSA) is 104 Å².